The van der Waals surface area contributed by atoms with E-state index in [1.54, 1.807) is 0 Å². The lowest BCUT2D eigenvalue weighted by Gasteiger charge is -2.36. The summed E-state index contributed by atoms with van der Waals surface area (Å²) >= 11 is 0. The highest BCUT2D eigenvalue weighted by Gasteiger charge is 2.48. The summed E-state index contributed by atoms with van der Waals surface area (Å²) in [5.74, 6) is 1.68. The highest BCUT2D eigenvalue weighted by Crippen LogP contribution is 2.38. The normalized spacial score (nSPS) is 28.1. The quantitative estimate of drug-likeness (QED) is 0.735. The number of fused-ring (bicyclic) bond motifs is 2. The van der Waals surface area contributed by atoms with Gasteiger partial charge in [-0.05, 0) is 30.5 Å². The molecular weight excluding hydrogens is 358 g/mol. The summed E-state index contributed by atoms with van der Waals surface area (Å²) in [7, 11) is 0. The van der Waals surface area contributed by atoms with Crippen molar-refractivity contribution in [3.05, 3.63) is 23.8 Å². The summed E-state index contributed by atoms with van der Waals surface area (Å²) in [6, 6.07) is 6.11. The number of nitrogens with zero attached hydrogens (tertiary/aromatic N) is 3. The molecule has 150 valence electrons. The van der Waals surface area contributed by atoms with Crippen molar-refractivity contribution in [1.82, 2.24) is 14.7 Å². The lowest BCUT2D eigenvalue weighted by atomic mass is 9.81. The lowest BCUT2D eigenvalue weighted by molar-refractivity contribution is -0.142. The smallest absolute Gasteiger partial charge is 0.234 e. The van der Waals surface area contributed by atoms with Gasteiger partial charge < -0.3 is 9.47 Å². The number of piperazine rings is 1. The Kier molecular flexibility index (Phi) is 4.72. The zero-order valence-corrected chi connectivity index (χ0v) is 16.1. The topological polar surface area (TPSA) is 62.3 Å². The summed E-state index contributed by atoms with van der Waals surface area (Å²) in [4.78, 5) is 31.5. The molecule has 3 aliphatic heterocycles. The highest BCUT2D eigenvalue weighted by molar-refractivity contribution is 6.05. The van der Waals surface area contributed by atoms with Gasteiger partial charge in [-0.3, -0.25) is 24.3 Å². The number of benzene rings is 1. The molecule has 5 rings (SSSR count). The molecule has 0 radical (unpaired) electrons. The fraction of sp³-hybridized carbons (Fsp3) is 0.619. The van der Waals surface area contributed by atoms with E-state index in [0.29, 0.717) is 13.5 Å². The van der Waals surface area contributed by atoms with Gasteiger partial charge in [0.1, 0.15) is 0 Å². The number of carbonyl (C=O) groups excluding carboxylic acids is 2. The maximum Gasteiger partial charge on any atom is 0.234 e. The summed E-state index contributed by atoms with van der Waals surface area (Å²) in [6.45, 7) is 5.23. The van der Waals surface area contributed by atoms with Crippen LogP contribution in [-0.4, -0.2) is 66.2 Å². The van der Waals surface area contributed by atoms with Crippen molar-refractivity contribution in [2.75, 3.05) is 39.6 Å². The number of ether oxygens (including phenoxy) is 2. The molecule has 2 atom stereocenters. The van der Waals surface area contributed by atoms with E-state index in [1.807, 2.05) is 6.07 Å². The van der Waals surface area contributed by atoms with E-state index in [4.69, 9.17) is 9.47 Å². The fourth-order valence-corrected chi connectivity index (χ4v) is 4.96. The molecule has 1 saturated carbocycles. The molecular formula is C21H27N3O4. The number of imide groups is 1. The fourth-order valence-electron chi connectivity index (χ4n) is 4.96. The highest BCUT2D eigenvalue weighted by atomic mass is 16.7. The van der Waals surface area contributed by atoms with Crippen LogP contribution in [0.25, 0.3) is 0 Å². The van der Waals surface area contributed by atoms with Crippen LogP contribution in [0.3, 0.4) is 0 Å². The number of likely N-dealkylation sites (tertiary alicyclic amines) is 1. The number of hydrogen-bond acceptors (Lipinski definition) is 6. The molecule has 1 aromatic rings. The molecule has 2 amide bonds. The Labute approximate surface area is 165 Å². The van der Waals surface area contributed by atoms with Gasteiger partial charge in [0.2, 0.25) is 18.6 Å². The third-order valence-corrected chi connectivity index (χ3v) is 6.58. The van der Waals surface area contributed by atoms with Crippen LogP contribution in [0, 0.1) is 11.8 Å². The number of rotatable bonds is 4. The van der Waals surface area contributed by atoms with Crippen molar-refractivity contribution in [3.8, 4) is 11.5 Å². The van der Waals surface area contributed by atoms with E-state index in [1.165, 1.54) is 10.5 Å². The van der Waals surface area contributed by atoms with E-state index in [2.05, 4.69) is 21.9 Å². The second kappa shape index (κ2) is 7.37. The molecule has 28 heavy (non-hydrogen) atoms. The molecule has 2 saturated heterocycles. The minimum atomic E-state index is -0.0476. The van der Waals surface area contributed by atoms with Crippen molar-refractivity contribution in [3.63, 3.8) is 0 Å². The molecule has 0 unspecified atom stereocenters. The van der Waals surface area contributed by atoms with Gasteiger partial charge in [0.05, 0.1) is 18.5 Å². The van der Waals surface area contributed by atoms with Gasteiger partial charge >= 0.3 is 0 Å². The standard InChI is InChI=1S/C21H27N3O4/c25-20-16-3-1-2-4-17(16)21(26)24(20)13-23-9-7-22(8-10-23)12-15-5-6-18-19(11-15)28-14-27-18/h5-6,11,16-17H,1-4,7-10,12-14H2/t16-,17-/m1/s1. The molecule has 4 aliphatic rings. The van der Waals surface area contributed by atoms with Gasteiger partial charge in [-0.15, -0.1) is 0 Å². The molecule has 3 heterocycles. The van der Waals surface area contributed by atoms with Crippen LogP contribution >= 0.6 is 0 Å². The number of hydrogen-bond donors (Lipinski definition) is 0. The number of amides is 2. The molecule has 3 fully saturated rings. The third kappa shape index (κ3) is 3.26. The van der Waals surface area contributed by atoms with E-state index >= 15 is 0 Å². The van der Waals surface area contributed by atoms with E-state index in [0.717, 1.165) is 69.9 Å². The van der Waals surface area contributed by atoms with Crippen molar-refractivity contribution in [1.29, 1.82) is 0 Å². The maximum atomic E-state index is 12.7. The second-order valence-electron chi connectivity index (χ2n) is 8.33. The lowest BCUT2D eigenvalue weighted by Crippen LogP contribution is -2.51. The zero-order valence-electron chi connectivity index (χ0n) is 16.1. The van der Waals surface area contributed by atoms with Gasteiger partial charge in [0.15, 0.2) is 11.5 Å². The van der Waals surface area contributed by atoms with Gasteiger partial charge in [-0.1, -0.05) is 18.9 Å². The summed E-state index contributed by atoms with van der Waals surface area (Å²) in [5, 5.41) is 0. The minimum Gasteiger partial charge on any atom is -0.454 e. The van der Waals surface area contributed by atoms with Gasteiger partial charge in [0.25, 0.3) is 0 Å². The molecule has 0 bridgehead atoms. The molecule has 1 aliphatic carbocycles. The van der Waals surface area contributed by atoms with Gasteiger partial charge in [0, 0.05) is 32.7 Å². The summed E-state index contributed by atoms with van der Waals surface area (Å²) < 4.78 is 10.8. The molecule has 0 N–H and O–H groups in total. The van der Waals surface area contributed by atoms with Gasteiger partial charge in [-0.2, -0.15) is 0 Å². The molecule has 0 spiro atoms. The molecule has 0 aromatic heterocycles. The Bertz CT molecular complexity index is 751. The van der Waals surface area contributed by atoms with Crippen LogP contribution in [0.2, 0.25) is 0 Å². The van der Waals surface area contributed by atoms with E-state index in [-0.39, 0.29) is 23.7 Å². The SMILES string of the molecule is O=C1[C@@H]2CCCC[C@H]2C(=O)N1CN1CCN(Cc2ccc3c(c2)OCO3)CC1. The molecule has 7 heteroatoms. The van der Waals surface area contributed by atoms with Crippen LogP contribution in [0.1, 0.15) is 31.2 Å². The Balaban J connectivity index is 1.14. The largest absolute Gasteiger partial charge is 0.454 e. The average molecular weight is 385 g/mol. The van der Waals surface area contributed by atoms with Crippen molar-refractivity contribution in [2.45, 2.75) is 32.2 Å². The Hall–Kier alpha value is -2.12. The second-order valence-corrected chi connectivity index (χ2v) is 8.33. The number of carbonyl (C=O) groups is 2. The predicted octanol–water partition coefficient (Wildman–Crippen LogP) is 1.67. The monoisotopic (exact) mass is 385 g/mol. The maximum absolute atomic E-state index is 12.7. The van der Waals surface area contributed by atoms with E-state index in [9.17, 15) is 9.59 Å². The average Bonchev–Trinajstić information content (AvgIpc) is 3.28. The Morgan fingerprint density at radius 2 is 1.50 bits per heavy atom. The first-order chi connectivity index (χ1) is 13.7. The van der Waals surface area contributed by atoms with E-state index < -0.39 is 0 Å². The van der Waals surface area contributed by atoms with Crippen molar-refractivity contribution in [2.24, 2.45) is 11.8 Å². The van der Waals surface area contributed by atoms with Crippen LogP contribution in [0.4, 0.5) is 0 Å². The first kappa shape index (κ1) is 17.9. The zero-order chi connectivity index (χ0) is 19.1. The van der Waals surface area contributed by atoms with Crippen LogP contribution < -0.4 is 9.47 Å². The summed E-state index contributed by atoms with van der Waals surface area (Å²) in [6.07, 6.45) is 3.92. The Morgan fingerprint density at radius 3 is 2.21 bits per heavy atom. The van der Waals surface area contributed by atoms with Crippen molar-refractivity contribution < 1.29 is 19.1 Å². The first-order valence-electron chi connectivity index (χ1n) is 10.4. The van der Waals surface area contributed by atoms with Crippen LogP contribution in [-0.2, 0) is 16.1 Å². The van der Waals surface area contributed by atoms with Gasteiger partial charge in [-0.25, -0.2) is 0 Å². The van der Waals surface area contributed by atoms with Crippen LogP contribution in [0.15, 0.2) is 18.2 Å². The molecule has 7 nitrogen and oxygen atoms in total. The Morgan fingerprint density at radius 1 is 0.857 bits per heavy atom. The first-order valence-corrected chi connectivity index (χ1v) is 10.4. The summed E-state index contributed by atoms with van der Waals surface area (Å²) in [5.41, 5.74) is 1.21. The van der Waals surface area contributed by atoms with Crippen LogP contribution in [0.5, 0.6) is 11.5 Å². The van der Waals surface area contributed by atoms with Crippen molar-refractivity contribution >= 4 is 11.8 Å². The third-order valence-electron chi connectivity index (χ3n) is 6.58. The molecule has 1 aromatic carbocycles. The predicted molar refractivity (Wildman–Crippen MR) is 102 cm³/mol. The minimum absolute atomic E-state index is 0.0476.